The van der Waals surface area contributed by atoms with E-state index in [1.807, 2.05) is 0 Å². The standard InChI is InChI=1S/C13H13N3O3/c1-9(17)16-12-5-3-4-11(6-12)15-8-10(7-14)13(18)19-2/h3-6,8,15H,1-2H3,(H,16,17)/b10-8+. The number of nitrogens with zero attached hydrogens (tertiary/aromatic N) is 1. The van der Waals surface area contributed by atoms with Crippen molar-refractivity contribution in [2.45, 2.75) is 6.92 Å². The third kappa shape index (κ3) is 4.52. The van der Waals surface area contributed by atoms with Crippen LogP contribution in [0.5, 0.6) is 0 Å². The van der Waals surface area contributed by atoms with Crippen molar-refractivity contribution in [3.8, 4) is 6.07 Å². The second kappa shape index (κ2) is 6.81. The highest BCUT2D eigenvalue weighted by Gasteiger charge is 2.07. The number of hydrogen-bond donors (Lipinski definition) is 2. The van der Waals surface area contributed by atoms with Crippen molar-refractivity contribution in [3.05, 3.63) is 36.0 Å². The van der Waals surface area contributed by atoms with Gasteiger partial charge in [0.15, 0.2) is 5.57 Å². The summed E-state index contributed by atoms with van der Waals surface area (Å²) in [6.07, 6.45) is 1.25. The maximum Gasteiger partial charge on any atom is 0.350 e. The highest BCUT2D eigenvalue weighted by atomic mass is 16.5. The molecular weight excluding hydrogens is 246 g/mol. The number of ether oxygens (including phenoxy) is 1. The van der Waals surface area contributed by atoms with E-state index in [1.165, 1.54) is 20.2 Å². The number of anilines is 2. The Morgan fingerprint density at radius 2 is 2.05 bits per heavy atom. The van der Waals surface area contributed by atoms with Gasteiger partial charge in [0.25, 0.3) is 0 Å². The number of methoxy groups -OCH3 is 1. The highest BCUT2D eigenvalue weighted by molar-refractivity contribution is 5.93. The monoisotopic (exact) mass is 259 g/mol. The smallest absolute Gasteiger partial charge is 0.350 e. The number of carbonyl (C=O) groups is 2. The van der Waals surface area contributed by atoms with E-state index in [0.29, 0.717) is 11.4 Å². The topological polar surface area (TPSA) is 91.2 Å². The lowest BCUT2D eigenvalue weighted by atomic mass is 10.2. The number of amides is 1. The molecule has 19 heavy (non-hydrogen) atoms. The summed E-state index contributed by atoms with van der Waals surface area (Å²) in [5.41, 5.74) is 1.10. The summed E-state index contributed by atoms with van der Waals surface area (Å²) < 4.78 is 4.44. The third-order valence-electron chi connectivity index (χ3n) is 2.09. The number of rotatable bonds is 4. The van der Waals surface area contributed by atoms with Gasteiger partial charge in [0.2, 0.25) is 5.91 Å². The van der Waals surface area contributed by atoms with Gasteiger partial charge in [-0.1, -0.05) is 6.07 Å². The van der Waals surface area contributed by atoms with Gasteiger partial charge in [-0.25, -0.2) is 4.79 Å². The molecule has 0 aliphatic rings. The Morgan fingerprint density at radius 1 is 1.37 bits per heavy atom. The van der Waals surface area contributed by atoms with E-state index < -0.39 is 5.97 Å². The second-order valence-electron chi connectivity index (χ2n) is 3.57. The SMILES string of the molecule is COC(=O)/C(C#N)=C/Nc1cccc(NC(C)=O)c1. The largest absolute Gasteiger partial charge is 0.465 e. The van der Waals surface area contributed by atoms with Crippen LogP contribution in [0.4, 0.5) is 11.4 Å². The average Bonchev–Trinajstić information content (AvgIpc) is 2.38. The van der Waals surface area contributed by atoms with E-state index in [2.05, 4.69) is 15.4 Å². The Labute approximate surface area is 110 Å². The van der Waals surface area contributed by atoms with Gasteiger partial charge in [0.05, 0.1) is 7.11 Å². The molecule has 0 saturated heterocycles. The van der Waals surface area contributed by atoms with Crippen molar-refractivity contribution < 1.29 is 14.3 Å². The summed E-state index contributed by atoms with van der Waals surface area (Å²) in [6.45, 7) is 1.41. The van der Waals surface area contributed by atoms with Crippen LogP contribution >= 0.6 is 0 Å². The Bertz CT molecular complexity index is 558. The first-order chi connectivity index (χ1) is 9.06. The van der Waals surface area contributed by atoms with Gasteiger partial charge in [-0.2, -0.15) is 5.26 Å². The van der Waals surface area contributed by atoms with Crippen LogP contribution in [0.2, 0.25) is 0 Å². The first kappa shape index (κ1) is 14.3. The van der Waals surface area contributed by atoms with Gasteiger partial charge in [0, 0.05) is 24.5 Å². The van der Waals surface area contributed by atoms with Crippen molar-refractivity contribution in [2.24, 2.45) is 0 Å². The zero-order valence-electron chi connectivity index (χ0n) is 10.6. The van der Waals surface area contributed by atoms with Gasteiger partial charge < -0.3 is 15.4 Å². The fourth-order valence-electron chi connectivity index (χ4n) is 1.29. The van der Waals surface area contributed by atoms with Crippen LogP contribution in [0.15, 0.2) is 36.0 Å². The lowest BCUT2D eigenvalue weighted by Crippen LogP contribution is -2.06. The molecule has 1 aromatic rings. The molecular formula is C13H13N3O3. The molecule has 2 N–H and O–H groups in total. The summed E-state index contributed by atoms with van der Waals surface area (Å²) >= 11 is 0. The van der Waals surface area contributed by atoms with Crippen LogP contribution in [-0.2, 0) is 14.3 Å². The number of benzene rings is 1. The number of carbonyl (C=O) groups excluding carboxylic acids is 2. The Kier molecular flexibility index (Phi) is 5.11. The maximum absolute atomic E-state index is 11.2. The maximum atomic E-state index is 11.2. The van der Waals surface area contributed by atoms with Crippen LogP contribution in [0, 0.1) is 11.3 Å². The highest BCUT2D eigenvalue weighted by Crippen LogP contribution is 2.15. The molecule has 0 saturated carbocycles. The van der Waals surface area contributed by atoms with E-state index in [4.69, 9.17) is 5.26 Å². The number of nitriles is 1. The van der Waals surface area contributed by atoms with E-state index in [9.17, 15) is 9.59 Å². The fraction of sp³-hybridized carbons (Fsp3) is 0.154. The molecule has 1 aromatic carbocycles. The molecule has 1 amide bonds. The first-order valence-corrected chi connectivity index (χ1v) is 5.39. The average molecular weight is 259 g/mol. The minimum atomic E-state index is -0.715. The molecule has 0 aliphatic heterocycles. The first-order valence-electron chi connectivity index (χ1n) is 5.39. The molecule has 0 spiro atoms. The Balaban J connectivity index is 2.83. The molecule has 1 rings (SSSR count). The van der Waals surface area contributed by atoms with Gasteiger partial charge in [-0.05, 0) is 18.2 Å². The van der Waals surface area contributed by atoms with Crippen LogP contribution in [-0.4, -0.2) is 19.0 Å². The minimum absolute atomic E-state index is 0.146. The van der Waals surface area contributed by atoms with Crippen LogP contribution < -0.4 is 10.6 Å². The summed E-state index contributed by atoms with van der Waals surface area (Å²) in [7, 11) is 1.20. The van der Waals surface area contributed by atoms with Crippen molar-refractivity contribution in [1.82, 2.24) is 0 Å². The van der Waals surface area contributed by atoms with E-state index >= 15 is 0 Å². The van der Waals surface area contributed by atoms with E-state index in [-0.39, 0.29) is 11.5 Å². The summed E-state index contributed by atoms with van der Waals surface area (Å²) in [4.78, 5) is 22.1. The van der Waals surface area contributed by atoms with Gasteiger partial charge in [-0.3, -0.25) is 4.79 Å². The molecule has 0 aromatic heterocycles. The van der Waals surface area contributed by atoms with Crippen molar-refractivity contribution in [3.63, 3.8) is 0 Å². The molecule has 0 unspecified atom stereocenters. The molecule has 0 aliphatic carbocycles. The predicted octanol–water partition coefficient (Wildman–Crippen LogP) is 1.64. The fourth-order valence-corrected chi connectivity index (χ4v) is 1.29. The molecule has 0 radical (unpaired) electrons. The number of nitrogens with one attached hydrogen (secondary N) is 2. The molecule has 6 heteroatoms. The molecule has 6 nitrogen and oxygen atoms in total. The van der Waals surface area contributed by atoms with Gasteiger partial charge in [-0.15, -0.1) is 0 Å². The summed E-state index contributed by atoms with van der Waals surface area (Å²) in [6, 6.07) is 8.58. The molecule has 98 valence electrons. The summed E-state index contributed by atoms with van der Waals surface area (Å²) in [5, 5.41) is 14.2. The Morgan fingerprint density at radius 3 is 2.63 bits per heavy atom. The molecule has 0 bridgehead atoms. The van der Waals surface area contributed by atoms with Crippen molar-refractivity contribution in [2.75, 3.05) is 17.7 Å². The number of esters is 1. The normalized spacial score (nSPS) is 10.3. The summed E-state index contributed by atoms with van der Waals surface area (Å²) in [5.74, 6) is -0.895. The van der Waals surface area contributed by atoms with Gasteiger partial charge >= 0.3 is 5.97 Å². The molecule has 0 heterocycles. The zero-order valence-corrected chi connectivity index (χ0v) is 10.6. The minimum Gasteiger partial charge on any atom is -0.465 e. The van der Waals surface area contributed by atoms with Crippen LogP contribution in [0.1, 0.15) is 6.92 Å². The lowest BCUT2D eigenvalue weighted by molar-refractivity contribution is -0.135. The van der Waals surface area contributed by atoms with Crippen molar-refractivity contribution in [1.29, 1.82) is 5.26 Å². The predicted molar refractivity (Wildman–Crippen MR) is 70.1 cm³/mol. The third-order valence-corrected chi connectivity index (χ3v) is 2.09. The van der Waals surface area contributed by atoms with Crippen molar-refractivity contribution >= 4 is 23.3 Å². The molecule has 0 fully saturated rings. The lowest BCUT2D eigenvalue weighted by Gasteiger charge is -2.05. The second-order valence-corrected chi connectivity index (χ2v) is 3.57. The van der Waals surface area contributed by atoms with Crippen LogP contribution in [0.25, 0.3) is 0 Å². The molecule has 0 atom stereocenters. The van der Waals surface area contributed by atoms with Gasteiger partial charge in [0.1, 0.15) is 6.07 Å². The van der Waals surface area contributed by atoms with E-state index in [0.717, 1.165) is 0 Å². The van der Waals surface area contributed by atoms with E-state index in [1.54, 1.807) is 30.3 Å². The quantitative estimate of drug-likeness (QED) is 0.487. The van der Waals surface area contributed by atoms with Crippen LogP contribution in [0.3, 0.4) is 0 Å². The number of hydrogen-bond acceptors (Lipinski definition) is 5. The zero-order chi connectivity index (χ0) is 14.3. The Hall–Kier alpha value is -2.81.